The van der Waals surface area contributed by atoms with Crippen LogP contribution in [-0.4, -0.2) is 37.1 Å². The van der Waals surface area contributed by atoms with Crippen LogP contribution in [0.1, 0.15) is 0 Å². The molecule has 2 nitrogen and oxygen atoms in total. The lowest BCUT2D eigenvalue weighted by Crippen LogP contribution is -2.35. The van der Waals surface area contributed by atoms with Crippen molar-refractivity contribution in [2.75, 3.05) is 32.2 Å². The zero-order valence-corrected chi connectivity index (χ0v) is 11.2. The van der Waals surface area contributed by atoms with Gasteiger partial charge in [0.05, 0.1) is 13.2 Å². The fourth-order valence-corrected chi connectivity index (χ4v) is 3.12. The molecule has 0 atom stereocenters. The molecule has 1 heterocycles. The van der Waals surface area contributed by atoms with Crippen LogP contribution in [0.2, 0.25) is 0 Å². The maximum atomic E-state index is 5.36. The molecule has 0 radical (unpaired) electrons. The first-order valence-electron chi connectivity index (χ1n) is 6.33. The molecular weight excluding hydrogens is 242 g/mol. The van der Waals surface area contributed by atoms with Crippen LogP contribution in [0.25, 0.3) is 10.8 Å². The van der Waals surface area contributed by atoms with Gasteiger partial charge in [0.1, 0.15) is 0 Å². The van der Waals surface area contributed by atoms with E-state index in [1.54, 1.807) is 0 Å². The largest absolute Gasteiger partial charge is 0.379 e. The van der Waals surface area contributed by atoms with Crippen LogP contribution >= 0.6 is 11.8 Å². The highest BCUT2D eigenvalue weighted by Gasteiger charge is 2.10. The zero-order valence-electron chi connectivity index (χ0n) is 10.3. The molecule has 1 aliphatic rings. The number of ether oxygens (including phenoxy) is 1. The third-order valence-corrected chi connectivity index (χ3v) is 4.32. The normalized spacial score (nSPS) is 17.1. The van der Waals surface area contributed by atoms with Crippen LogP contribution < -0.4 is 0 Å². The average molecular weight is 259 g/mol. The van der Waals surface area contributed by atoms with E-state index in [1.807, 2.05) is 11.8 Å². The van der Waals surface area contributed by atoms with Crippen molar-refractivity contribution < 1.29 is 4.74 Å². The minimum absolute atomic E-state index is 0.873. The van der Waals surface area contributed by atoms with E-state index in [1.165, 1.54) is 15.7 Å². The standard InChI is InChI=1S/C15H17NOS/c1-2-4-14-11-15(6-5-13(14)3-1)18-12-16-7-9-17-10-8-16/h1-6,11H,7-10,12H2. The lowest BCUT2D eigenvalue weighted by atomic mass is 10.1. The Morgan fingerprint density at radius 2 is 1.78 bits per heavy atom. The van der Waals surface area contributed by atoms with Gasteiger partial charge in [-0.15, -0.1) is 11.8 Å². The predicted molar refractivity (Wildman–Crippen MR) is 77.1 cm³/mol. The second-order valence-corrected chi connectivity index (χ2v) is 5.53. The molecule has 2 aromatic carbocycles. The summed E-state index contributed by atoms with van der Waals surface area (Å²) in [5, 5.41) is 2.64. The lowest BCUT2D eigenvalue weighted by molar-refractivity contribution is 0.0474. The predicted octanol–water partition coefficient (Wildman–Crippen LogP) is 3.22. The molecule has 2 aromatic rings. The van der Waals surface area contributed by atoms with Crippen LogP contribution in [0.15, 0.2) is 47.4 Å². The molecule has 0 unspecified atom stereocenters. The Labute approximate surface area is 112 Å². The van der Waals surface area contributed by atoms with Crippen molar-refractivity contribution in [1.82, 2.24) is 4.90 Å². The second-order valence-electron chi connectivity index (χ2n) is 4.51. The first-order chi connectivity index (χ1) is 8.92. The van der Waals surface area contributed by atoms with Crippen molar-refractivity contribution in [3.63, 3.8) is 0 Å². The van der Waals surface area contributed by atoms with Gasteiger partial charge >= 0.3 is 0 Å². The van der Waals surface area contributed by atoms with Gasteiger partial charge in [-0.25, -0.2) is 0 Å². The smallest absolute Gasteiger partial charge is 0.0594 e. The van der Waals surface area contributed by atoms with Gasteiger partial charge in [-0.3, -0.25) is 4.90 Å². The first kappa shape index (κ1) is 12.0. The van der Waals surface area contributed by atoms with Gasteiger partial charge in [0.15, 0.2) is 0 Å². The molecule has 0 spiro atoms. The summed E-state index contributed by atoms with van der Waals surface area (Å²) in [7, 11) is 0. The molecule has 0 N–H and O–H groups in total. The van der Waals surface area contributed by atoms with Crippen molar-refractivity contribution in [3.8, 4) is 0 Å². The fraction of sp³-hybridized carbons (Fsp3) is 0.333. The Hall–Kier alpha value is -1.03. The summed E-state index contributed by atoms with van der Waals surface area (Å²) in [6.45, 7) is 3.86. The van der Waals surface area contributed by atoms with Gasteiger partial charge in [-0.1, -0.05) is 30.3 Å². The summed E-state index contributed by atoms with van der Waals surface area (Å²) in [5.74, 6) is 1.06. The Bertz CT molecular complexity index is 523. The quantitative estimate of drug-likeness (QED) is 0.785. The van der Waals surface area contributed by atoms with Gasteiger partial charge in [0.25, 0.3) is 0 Å². The molecule has 0 amide bonds. The highest BCUT2D eigenvalue weighted by Crippen LogP contribution is 2.24. The molecule has 0 aliphatic carbocycles. The Morgan fingerprint density at radius 3 is 2.61 bits per heavy atom. The van der Waals surface area contributed by atoms with Gasteiger partial charge in [-0.05, 0) is 22.9 Å². The number of nitrogens with zero attached hydrogens (tertiary/aromatic N) is 1. The summed E-state index contributed by atoms with van der Waals surface area (Å²) in [6.07, 6.45) is 0. The molecule has 1 fully saturated rings. The Balaban J connectivity index is 1.66. The summed E-state index contributed by atoms with van der Waals surface area (Å²) in [6, 6.07) is 15.2. The summed E-state index contributed by atoms with van der Waals surface area (Å²) in [5.41, 5.74) is 0. The number of fused-ring (bicyclic) bond motifs is 1. The highest BCUT2D eigenvalue weighted by atomic mass is 32.2. The zero-order chi connectivity index (χ0) is 12.2. The van der Waals surface area contributed by atoms with Gasteiger partial charge < -0.3 is 4.74 Å². The Kier molecular flexibility index (Phi) is 3.84. The molecule has 3 heteroatoms. The van der Waals surface area contributed by atoms with E-state index >= 15 is 0 Å². The number of thioether (sulfide) groups is 1. The Morgan fingerprint density at radius 1 is 1.00 bits per heavy atom. The first-order valence-corrected chi connectivity index (χ1v) is 7.32. The summed E-state index contributed by atoms with van der Waals surface area (Å²) in [4.78, 5) is 3.80. The molecule has 1 aliphatic heterocycles. The molecular formula is C15H17NOS. The van der Waals surface area contributed by atoms with Gasteiger partial charge in [-0.2, -0.15) is 0 Å². The van der Waals surface area contributed by atoms with Crippen molar-refractivity contribution >= 4 is 22.5 Å². The topological polar surface area (TPSA) is 12.5 Å². The maximum Gasteiger partial charge on any atom is 0.0594 e. The van der Waals surface area contributed by atoms with Crippen LogP contribution in [0.3, 0.4) is 0 Å². The van der Waals surface area contributed by atoms with E-state index in [2.05, 4.69) is 47.4 Å². The van der Waals surface area contributed by atoms with E-state index in [-0.39, 0.29) is 0 Å². The van der Waals surface area contributed by atoms with Gasteiger partial charge in [0.2, 0.25) is 0 Å². The average Bonchev–Trinajstić information content (AvgIpc) is 2.46. The number of hydrogen-bond acceptors (Lipinski definition) is 3. The third-order valence-electron chi connectivity index (χ3n) is 3.24. The molecule has 1 saturated heterocycles. The van der Waals surface area contributed by atoms with Crippen molar-refractivity contribution in [1.29, 1.82) is 0 Å². The SMILES string of the molecule is c1ccc2cc(SCN3CCOCC3)ccc2c1. The van der Waals surface area contributed by atoms with Crippen LogP contribution in [0.5, 0.6) is 0 Å². The van der Waals surface area contributed by atoms with E-state index in [0.29, 0.717) is 0 Å². The summed E-state index contributed by atoms with van der Waals surface area (Å²) >= 11 is 1.91. The van der Waals surface area contributed by atoms with Crippen LogP contribution in [-0.2, 0) is 4.74 Å². The minimum atomic E-state index is 0.873. The van der Waals surface area contributed by atoms with E-state index < -0.39 is 0 Å². The van der Waals surface area contributed by atoms with E-state index in [4.69, 9.17) is 4.74 Å². The monoisotopic (exact) mass is 259 g/mol. The number of morpholine rings is 1. The van der Waals surface area contributed by atoms with Crippen LogP contribution in [0, 0.1) is 0 Å². The third kappa shape index (κ3) is 2.86. The lowest BCUT2D eigenvalue weighted by Gasteiger charge is -2.26. The number of hydrogen-bond donors (Lipinski definition) is 0. The van der Waals surface area contributed by atoms with Crippen LogP contribution in [0.4, 0.5) is 0 Å². The van der Waals surface area contributed by atoms with E-state index in [0.717, 1.165) is 32.2 Å². The fourth-order valence-electron chi connectivity index (χ4n) is 2.15. The minimum Gasteiger partial charge on any atom is -0.379 e. The number of benzene rings is 2. The molecule has 3 rings (SSSR count). The molecule has 18 heavy (non-hydrogen) atoms. The molecule has 94 valence electrons. The maximum absolute atomic E-state index is 5.36. The van der Waals surface area contributed by atoms with Crippen molar-refractivity contribution in [2.24, 2.45) is 0 Å². The second kappa shape index (κ2) is 5.74. The van der Waals surface area contributed by atoms with Crippen molar-refractivity contribution in [3.05, 3.63) is 42.5 Å². The van der Waals surface area contributed by atoms with Gasteiger partial charge in [0, 0.05) is 23.9 Å². The highest BCUT2D eigenvalue weighted by molar-refractivity contribution is 7.99. The summed E-state index contributed by atoms with van der Waals surface area (Å²) < 4.78 is 5.36. The van der Waals surface area contributed by atoms with Crippen molar-refractivity contribution in [2.45, 2.75) is 4.90 Å². The molecule has 0 bridgehead atoms. The molecule has 0 saturated carbocycles. The molecule has 0 aromatic heterocycles. The number of rotatable bonds is 3. The van der Waals surface area contributed by atoms with E-state index in [9.17, 15) is 0 Å².